The second-order valence-corrected chi connectivity index (χ2v) is 9.88. The van der Waals surface area contributed by atoms with Gasteiger partial charge < -0.3 is 31.5 Å². The van der Waals surface area contributed by atoms with E-state index >= 15 is 0 Å². The zero-order chi connectivity index (χ0) is 27.0. The van der Waals surface area contributed by atoms with Crippen molar-refractivity contribution in [2.75, 3.05) is 30.5 Å². The molecule has 0 spiro atoms. The smallest absolute Gasteiger partial charge is 0.309 e. The number of hydrogen-bond donors (Lipinski definition) is 3. The van der Waals surface area contributed by atoms with Crippen molar-refractivity contribution in [3.05, 3.63) is 41.6 Å². The number of carboxylic acid groups (broad SMARTS) is 1. The maximum atomic E-state index is 13.0. The topological polar surface area (TPSA) is 210 Å². The molecule has 198 valence electrons. The highest BCUT2D eigenvalue weighted by atomic mass is 32.2. The van der Waals surface area contributed by atoms with Crippen LogP contribution in [0.15, 0.2) is 41.0 Å². The van der Waals surface area contributed by atoms with Crippen LogP contribution in [0.25, 0.3) is 5.65 Å². The summed E-state index contributed by atoms with van der Waals surface area (Å²) >= 11 is 2.07. The molecule has 15 nitrogen and oxygen atoms in total. The Morgan fingerprint density at radius 1 is 1.39 bits per heavy atom. The van der Waals surface area contributed by atoms with Crippen LogP contribution in [0.1, 0.15) is 5.82 Å². The van der Waals surface area contributed by atoms with Crippen molar-refractivity contribution in [1.29, 1.82) is 0 Å². The van der Waals surface area contributed by atoms with E-state index in [4.69, 9.17) is 16.3 Å². The molecule has 0 saturated carbocycles. The van der Waals surface area contributed by atoms with Crippen LogP contribution in [0.4, 0.5) is 15.3 Å². The lowest BCUT2D eigenvalue weighted by atomic mass is 10.0. The summed E-state index contributed by atoms with van der Waals surface area (Å²) in [5.41, 5.74) is 12.0. The van der Waals surface area contributed by atoms with E-state index in [0.29, 0.717) is 17.0 Å². The van der Waals surface area contributed by atoms with E-state index in [1.165, 1.54) is 16.3 Å². The lowest BCUT2D eigenvalue weighted by Gasteiger charge is -2.50. The summed E-state index contributed by atoms with van der Waals surface area (Å²) in [5, 5.41) is 21.7. The average molecular weight is 563 g/mol. The molecule has 1 fully saturated rings. The van der Waals surface area contributed by atoms with Gasteiger partial charge in [0, 0.05) is 28.9 Å². The van der Waals surface area contributed by atoms with E-state index in [-0.39, 0.29) is 29.0 Å². The zero-order valence-electron chi connectivity index (χ0n) is 19.3. The van der Waals surface area contributed by atoms with Crippen molar-refractivity contribution in [2.24, 2.45) is 5.16 Å². The number of hydrogen-bond acceptors (Lipinski definition) is 13. The van der Waals surface area contributed by atoms with Gasteiger partial charge in [-0.1, -0.05) is 14.8 Å². The molecule has 2 atom stereocenters. The van der Waals surface area contributed by atoms with Crippen molar-refractivity contribution in [2.45, 2.75) is 18.0 Å². The monoisotopic (exact) mass is 562 g/mol. The van der Waals surface area contributed by atoms with Gasteiger partial charge in [-0.15, -0.1) is 11.8 Å². The highest BCUT2D eigenvalue weighted by molar-refractivity contribution is 8.00. The van der Waals surface area contributed by atoms with Gasteiger partial charge in [-0.25, -0.2) is 8.96 Å². The van der Waals surface area contributed by atoms with Crippen molar-refractivity contribution < 1.29 is 33.3 Å². The van der Waals surface area contributed by atoms with Gasteiger partial charge in [-0.2, -0.15) is 9.36 Å². The second kappa shape index (κ2) is 10.2. The number of carboxylic acids is 1. The summed E-state index contributed by atoms with van der Waals surface area (Å²) in [7, 11) is 0. The second-order valence-electron chi connectivity index (χ2n) is 7.99. The number of aromatic nitrogens is 5. The van der Waals surface area contributed by atoms with Crippen molar-refractivity contribution >= 4 is 63.4 Å². The van der Waals surface area contributed by atoms with E-state index in [0.717, 1.165) is 16.4 Å². The summed E-state index contributed by atoms with van der Waals surface area (Å²) in [4.78, 5) is 47.8. The molecule has 3 aromatic heterocycles. The molecule has 2 amide bonds. The van der Waals surface area contributed by atoms with Gasteiger partial charge >= 0.3 is 5.65 Å². The van der Waals surface area contributed by atoms with E-state index in [1.54, 1.807) is 29.1 Å². The molecule has 2 aliphatic heterocycles. The number of nitrogen functional groups attached to an aromatic ring is 2. The third-order valence-electron chi connectivity index (χ3n) is 5.64. The molecule has 0 bridgehead atoms. The number of anilines is 2. The largest absolute Gasteiger partial charge is 0.543 e. The Morgan fingerprint density at radius 2 is 2.21 bits per heavy atom. The van der Waals surface area contributed by atoms with Crippen LogP contribution in [0, 0.1) is 0 Å². The minimum atomic E-state index is -1.53. The third kappa shape index (κ3) is 4.47. The minimum Gasteiger partial charge on any atom is -0.543 e. The van der Waals surface area contributed by atoms with Crippen LogP contribution < -0.4 is 26.5 Å². The number of β-lactam (4-membered cyclic amide) rings is 1. The third-order valence-corrected chi connectivity index (χ3v) is 7.52. The Morgan fingerprint density at radius 3 is 2.92 bits per heavy atom. The number of rotatable bonds is 9. The Balaban J connectivity index is 1.37. The van der Waals surface area contributed by atoms with E-state index in [2.05, 4.69) is 24.9 Å². The number of carbonyl (C=O) groups is 3. The lowest BCUT2D eigenvalue weighted by Crippen LogP contribution is -2.71. The number of thioether (sulfide) groups is 1. The number of imidazole rings is 1. The van der Waals surface area contributed by atoms with Crippen LogP contribution >= 0.6 is 23.3 Å². The standard InChI is InChI=1S/C20H19FN10O5S2/c21-3-5-36-27-12(15-26-20(23)38-28-15)16(32)25-13-17(33)30-14(19(34)35)9(8-37-18(13)30)6-29-7-10(22)31-11(29)2-1-4-24-31/h1-2,4,7,13,18H,3,5-6,8H2,(H5-,22,23,24,25,26,28,32,34,35)/b27-12-/t13-,18-/m1/s1. The van der Waals surface area contributed by atoms with Gasteiger partial charge in [-0.3, -0.25) is 14.5 Å². The molecule has 1 saturated heterocycles. The van der Waals surface area contributed by atoms with Crippen molar-refractivity contribution in [3.8, 4) is 0 Å². The number of fused-ring (bicyclic) bond motifs is 2. The van der Waals surface area contributed by atoms with E-state index < -0.39 is 48.2 Å². The molecule has 5 N–H and O–H groups in total. The molecule has 5 heterocycles. The Labute approximate surface area is 221 Å². The number of aliphatic carboxylic acids is 1. The Hall–Kier alpha value is -4.32. The highest BCUT2D eigenvalue weighted by Crippen LogP contribution is 2.40. The number of nitrogens with two attached hydrogens (primary N) is 2. The number of alkyl halides is 1. The van der Waals surface area contributed by atoms with E-state index in [9.17, 15) is 23.9 Å². The number of nitrogens with one attached hydrogen (secondary N) is 1. The molecule has 0 aromatic carbocycles. The fraction of sp³-hybridized carbons (Fsp3) is 0.300. The summed E-state index contributed by atoms with van der Waals surface area (Å²) in [5.74, 6) is -2.63. The first-order valence-corrected chi connectivity index (χ1v) is 12.8. The lowest BCUT2D eigenvalue weighted by molar-refractivity contribution is -0.662. The first-order chi connectivity index (χ1) is 18.3. The van der Waals surface area contributed by atoms with Gasteiger partial charge in [0.1, 0.15) is 31.2 Å². The van der Waals surface area contributed by atoms with Crippen LogP contribution in [0.5, 0.6) is 0 Å². The Bertz CT molecular complexity index is 1500. The predicted molar refractivity (Wildman–Crippen MR) is 130 cm³/mol. The van der Waals surface area contributed by atoms with Gasteiger partial charge in [0.05, 0.1) is 17.9 Å². The summed E-state index contributed by atoms with van der Waals surface area (Å²) in [6.45, 7) is -1.14. The number of nitrogens with zero attached hydrogens (tertiary/aromatic N) is 7. The molecule has 5 rings (SSSR count). The normalized spacial score (nSPS) is 19.3. The van der Waals surface area contributed by atoms with Crippen LogP contribution in [0.3, 0.4) is 0 Å². The quantitative estimate of drug-likeness (QED) is 0.0811. The van der Waals surface area contributed by atoms with Crippen molar-refractivity contribution in [3.63, 3.8) is 0 Å². The van der Waals surface area contributed by atoms with Crippen molar-refractivity contribution in [1.82, 2.24) is 29.2 Å². The SMILES string of the molecule is Nc1nc(/C(=N/OCCF)C(=O)N[C@@H]2C(=O)N3C(C(=O)[O-])=C(C[n+]4cc(N)n5ncccc54)CS[C@H]23)ns1. The van der Waals surface area contributed by atoms with Gasteiger partial charge in [0.2, 0.25) is 11.5 Å². The first kappa shape index (κ1) is 25.3. The van der Waals surface area contributed by atoms with Gasteiger partial charge in [0.25, 0.3) is 17.6 Å². The van der Waals surface area contributed by atoms with Crippen LogP contribution in [-0.2, 0) is 25.8 Å². The molecule has 18 heteroatoms. The maximum Gasteiger partial charge on any atom is 0.309 e. The number of amides is 2. The molecular formula is C20H19FN10O5S2. The predicted octanol–water partition coefficient (Wildman–Crippen LogP) is -2.57. The fourth-order valence-corrected chi connectivity index (χ4v) is 5.83. The first-order valence-electron chi connectivity index (χ1n) is 11.0. The van der Waals surface area contributed by atoms with Crippen LogP contribution in [-0.4, -0.2) is 77.8 Å². The van der Waals surface area contributed by atoms with Gasteiger partial charge in [0.15, 0.2) is 11.3 Å². The molecule has 0 radical (unpaired) electrons. The highest BCUT2D eigenvalue weighted by Gasteiger charge is 2.53. The molecule has 0 aliphatic carbocycles. The molecule has 2 aliphatic rings. The van der Waals surface area contributed by atoms with Gasteiger partial charge in [-0.05, 0) is 6.07 Å². The summed E-state index contributed by atoms with van der Waals surface area (Å²) < 4.78 is 19.6. The Kier molecular flexibility index (Phi) is 6.81. The summed E-state index contributed by atoms with van der Waals surface area (Å²) in [6, 6.07) is 2.41. The fourth-order valence-electron chi connectivity index (χ4n) is 4.06. The molecular weight excluding hydrogens is 543 g/mol. The number of halogens is 1. The van der Waals surface area contributed by atoms with E-state index in [1.807, 2.05) is 0 Å². The summed E-state index contributed by atoms with van der Waals surface area (Å²) in [6.07, 6.45) is 3.18. The number of oxime groups is 1. The van der Waals surface area contributed by atoms with Crippen LogP contribution in [0.2, 0.25) is 0 Å². The maximum absolute atomic E-state index is 13.0. The minimum absolute atomic E-state index is 0.0578. The molecule has 0 unspecified atom stereocenters. The number of carbonyl (C=O) groups excluding carboxylic acids is 3. The average Bonchev–Trinajstić information content (AvgIpc) is 3.47. The molecule has 3 aromatic rings. The molecule has 38 heavy (non-hydrogen) atoms. The zero-order valence-corrected chi connectivity index (χ0v) is 20.9.